The third-order valence-corrected chi connectivity index (χ3v) is 5.61. The first kappa shape index (κ1) is 21.4. The molecule has 0 saturated carbocycles. The second-order valence-electron chi connectivity index (χ2n) is 5.86. The number of hydrogen-bond acceptors (Lipinski definition) is 9. The number of aryl methyl sites for hydroxylation is 1. The van der Waals surface area contributed by atoms with E-state index < -0.39 is 24.5 Å². The number of amides is 1. The number of nitrogens with one attached hydrogen (secondary N) is 1. The monoisotopic (exact) mass is 447 g/mol. The Labute approximate surface area is 178 Å². The highest BCUT2D eigenvalue weighted by Gasteiger charge is 2.23. The fraction of sp³-hybridized carbons (Fsp3) is 0.211. The Morgan fingerprint density at radius 2 is 1.93 bits per heavy atom. The van der Waals surface area contributed by atoms with E-state index in [1.165, 1.54) is 41.9 Å². The largest absolute Gasteiger partial charge is 0.462 e. The number of aromatic nitrogens is 2. The van der Waals surface area contributed by atoms with Gasteiger partial charge in [-0.05, 0) is 24.4 Å². The van der Waals surface area contributed by atoms with Crippen molar-refractivity contribution < 1.29 is 23.9 Å². The van der Waals surface area contributed by atoms with Crippen molar-refractivity contribution in [2.75, 3.05) is 18.5 Å². The maximum atomic E-state index is 12.5. The SMILES string of the molecule is CCOC(=O)c1c(-c2cccs2)csc1NC(=O)COC(=O)c1ccc(=O)n(C)n1. The molecule has 0 fully saturated rings. The lowest BCUT2D eigenvalue weighted by Gasteiger charge is -2.08. The number of thiophene rings is 2. The summed E-state index contributed by atoms with van der Waals surface area (Å²) in [5, 5.41) is 10.3. The second-order valence-corrected chi connectivity index (χ2v) is 7.68. The zero-order valence-electron chi connectivity index (χ0n) is 16.0. The molecule has 0 aliphatic rings. The van der Waals surface area contributed by atoms with Crippen molar-refractivity contribution in [1.82, 2.24) is 9.78 Å². The van der Waals surface area contributed by atoms with Gasteiger partial charge in [0.2, 0.25) is 0 Å². The molecule has 0 bridgehead atoms. The van der Waals surface area contributed by atoms with Gasteiger partial charge < -0.3 is 14.8 Å². The molecule has 1 N–H and O–H groups in total. The molecule has 0 spiro atoms. The first-order chi connectivity index (χ1) is 14.4. The predicted molar refractivity (Wildman–Crippen MR) is 112 cm³/mol. The Morgan fingerprint density at radius 1 is 1.13 bits per heavy atom. The summed E-state index contributed by atoms with van der Waals surface area (Å²) in [7, 11) is 1.39. The van der Waals surface area contributed by atoms with Crippen molar-refractivity contribution >= 4 is 45.5 Å². The first-order valence-corrected chi connectivity index (χ1v) is 10.5. The van der Waals surface area contributed by atoms with Crippen LogP contribution >= 0.6 is 22.7 Å². The topological polar surface area (TPSA) is 117 Å². The van der Waals surface area contributed by atoms with Gasteiger partial charge in [0, 0.05) is 28.9 Å². The molecule has 3 aromatic heterocycles. The molecule has 3 heterocycles. The summed E-state index contributed by atoms with van der Waals surface area (Å²) in [5.41, 5.74) is 0.432. The van der Waals surface area contributed by atoms with E-state index in [1.807, 2.05) is 17.5 Å². The molecule has 1 amide bonds. The Balaban J connectivity index is 1.71. The summed E-state index contributed by atoms with van der Waals surface area (Å²) in [6.07, 6.45) is 0. The van der Waals surface area contributed by atoms with Crippen LogP contribution in [-0.4, -0.2) is 40.8 Å². The lowest BCUT2D eigenvalue weighted by atomic mass is 10.1. The van der Waals surface area contributed by atoms with Crippen LogP contribution in [0.2, 0.25) is 0 Å². The van der Waals surface area contributed by atoms with E-state index >= 15 is 0 Å². The highest BCUT2D eigenvalue weighted by Crippen LogP contribution is 2.38. The van der Waals surface area contributed by atoms with E-state index in [0.29, 0.717) is 10.6 Å². The van der Waals surface area contributed by atoms with Gasteiger partial charge in [0.1, 0.15) is 10.6 Å². The number of anilines is 1. The lowest BCUT2D eigenvalue weighted by Crippen LogP contribution is -2.25. The molecule has 3 aromatic rings. The average molecular weight is 447 g/mol. The Bertz CT molecular complexity index is 1130. The summed E-state index contributed by atoms with van der Waals surface area (Å²) in [6.45, 7) is 1.30. The van der Waals surface area contributed by atoms with Gasteiger partial charge in [-0.3, -0.25) is 9.59 Å². The van der Waals surface area contributed by atoms with E-state index in [4.69, 9.17) is 9.47 Å². The smallest absolute Gasteiger partial charge is 0.359 e. The van der Waals surface area contributed by atoms with Crippen LogP contribution < -0.4 is 10.9 Å². The molecule has 0 saturated heterocycles. The van der Waals surface area contributed by atoms with Gasteiger partial charge in [-0.1, -0.05) is 6.07 Å². The van der Waals surface area contributed by atoms with E-state index in [-0.39, 0.29) is 23.4 Å². The summed E-state index contributed by atoms with van der Waals surface area (Å²) in [6, 6.07) is 6.11. The van der Waals surface area contributed by atoms with Gasteiger partial charge in [0.15, 0.2) is 12.3 Å². The third-order valence-electron chi connectivity index (χ3n) is 3.81. The van der Waals surface area contributed by atoms with E-state index in [0.717, 1.165) is 9.56 Å². The van der Waals surface area contributed by atoms with Gasteiger partial charge in [0.05, 0.1) is 6.61 Å². The minimum absolute atomic E-state index is 0.104. The highest BCUT2D eigenvalue weighted by atomic mass is 32.1. The van der Waals surface area contributed by atoms with Crippen LogP contribution in [0.1, 0.15) is 27.8 Å². The standard InChI is InChI=1S/C19H17N3O6S2/c1-3-27-19(26)16-11(13-5-4-8-29-13)10-30-17(16)20-14(23)9-28-18(25)12-6-7-15(24)22(2)21-12/h4-8,10H,3,9H2,1-2H3,(H,20,23). The van der Waals surface area contributed by atoms with Gasteiger partial charge >= 0.3 is 11.9 Å². The molecular formula is C19H17N3O6S2. The summed E-state index contributed by atoms with van der Waals surface area (Å²) in [5.74, 6) is -2.03. The van der Waals surface area contributed by atoms with Gasteiger partial charge in [-0.15, -0.1) is 22.7 Å². The molecule has 0 aromatic carbocycles. The maximum absolute atomic E-state index is 12.5. The normalized spacial score (nSPS) is 10.5. The predicted octanol–water partition coefficient (Wildman–Crippen LogP) is 2.54. The first-order valence-electron chi connectivity index (χ1n) is 8.74. The molecule has 11 heteroatoms. The fourth-order valence-electron chi connectivity index (χ4n) is 2.45. The van der Waals surface area contributed by atoms with Crippen LogP contribution in [0.3, 0.4) is 0 Å². The Kier molecular flexibility index (Phi) is 6.75. The van der Waals surface area contributed by atoms with Crippen LogP contribution in [0, 0.1) is 0 Å². The van der Waals surface area contributed by atoms with E-state index in [1.54, 1.807) is 12.3 Å². The number of hydrogen-bond donors (Lipinski definition) is 1. The highest BCUT2D eigenvalue weighted by molar-refractivity contribution is 7.17. The van der Waals surface area contributed by atoms with E-state index in [9.17, 15) is 19.2 Å². The average Bonchev–Trinajstić information content (AvgIpc) is 3.38. The summed E-state index contributed by atoms with van der Waals surface area (Å²) >= 11 is 2.63. The molecule has 30 heavy (non-hydrogen) atoms. The molecule has 0 atom stereocenters. The van der Waals surface area contributed by atoms with Crippen LogP contribution in [0.25, 0.3) is 10.4 Å². The Morgan fingerprint density at radius 3 is 2.60 bits per heavy atom. The maximum Gasteiger partial charge on any atom is 0.359 e. The second kappa shape index (κ2) is 9.46. The quantitative estimate of drug-likeness (QED) is 0.553. The van der Waals surface area contributed by atoms with Crippen molar-refractivity contribution in [3.05, 3.63) is 56.6 Å². The minimum atomic E-state index is -0.850. The van der Waals surface area contributed by atoms with Crippen molar-refractivity contribution in [3.63, 3.8) is 0 Å². The Hall–Kier alpha value is -3.31. The number of carbonyl (C=O) groups is 3. The van der Waals surface area contributed by atoms with Crippen LogP contribution in [-0.2, 0) is 21.3 Å². The van der Waals surface area contributed by atoms with Crippen molar-refractivity contribution in [2.45, 2.75) is 6.92 Å². The zero-order valence-corrected chi connectivity index (χ0v) is 17.7. The van der Waals surface area contributed by atoms with Crippen LogP contribution in [0.5, 0.6) is 0 Å². The van der Waals surface area contributed by atoms with Crippen molar-refractivity contribution in [1.29, 1.82) is 0 Å². The number of ether oxygens (including phenoxy) is 2. The van der Waals surface area contributed by atoms with Gasteiger partial charge in [0.25, 0.3) is 11.5 Å². The molecule has 9 nitrogen and oxygen atoms in total. The summed E-state index contributed by atoms with van der Waals surface area (Å²) < 4.78 is 11.1. The molecule has 0 radical (unpaired) electrons. The summed E-state index contributed by atoms with van der Waals surface area (Å²) in [4.78, 5) is 49.0. The van der Waals surface area contributed by atoms with E-state index in [2.05, 4.69) is 10.4 Å². The molecular weight excluding hydrogens is 430 g/mol. The fourth-order valence-corrected chi connectivity index (χ4v) is 4.24. The number of rotatable bonds is 7. The lowest BCUT2D eigenvalue weighted by molar-refractivity contribution is -0.119. The third kappa shape index (κ3) is 4.81. The van der Waals surface area contributed by atoms with Gasteiger partial charge in [-0.25, -0.2) is 14.3 Å². The number of nitrogens with zero attached hydrogens (tertiary/aromatic N) is 2. The van der Waals surface area contributed by atoms with Crippen LogP contribution in [0.15, 0.2) is 39.8 Å². The van der Waals surface area contributed by atoms with Crippen molar-refractivity contribution in [3.8, 4) is 10.4 Å². The number of esters is 2. The van der Waals surface area contributed by atoms with Crippen LogP contribution in [0.4, 0.5) is 5.00 Å². The van der Waals surface area contributed by atoms with Crippen molar-refractivity contribution in [2.24, 2.45) is 7.05 Å². The van der Waals surface area contributed by atoms with Gasteiger partial charge in [-0.2, -0.15) is 5.10 Å². The molecule has 0 aliphatic carbocycles. The molecule has 3 rings (SSSR count). The molecule has 0 aliphatic heterocycles. The minimum Gasteiger partial charge on any atom is -0.462 e. The molecule has 0 unspecified atom stereocenters. The zero-order chi connectivity index (χ0) is 21.7. The molecule has 156 valence electrons. The number of carbonyl (C=O) groups excluding carboxylic acids is 3.